The van der Waals surface area contributed by atoms with E-state index >= 15 is 0 Å². The van der Waals surface area contributed by atoms with Gasteiger partial charge in [-0.25, -0.2) is 0 Å². The van der Waals surface area contributed by atoms with E-state index in [1.54, 1.807) is 16.2 Å². The number of nitrogens with one attached hydrogen (secondary N) is 1. The maximum atomic E-state index is 12.5. The third-order valence-corrected chi connectivity index (χ3v) is 6.88. The molecule has 1 N–H and O–H groups in total. The molecule has 1 unspecified atom stereocenters. The van der Waals surface area contributed by atoms with E-state index in [2.05, 4.69) is 16.8 Å². The zero-order chi connectivity index (χ0) is 21.1. The maximum Gasteiger partial charge on any atom is 0.286 e. The van der Waals surface area contributed by atoms with Gasteiger partial charge in [-0.2, -0.15) is 0 Å². The van der Waals surface area contributed by atoms with Crippen molar-refractivity contribution in [3.05, 3.63) is 82.7 Å². The van der Waals surface area contributed by atoms with Gasteiger partial charge in [0.15, 0.2) is 0 Å². The predicted molar refractivity (Wildman–Crippen MR) is 121 cm³/mol. The van der Waals surface area contributed by atoms with Gasteiger partial charge in [0.05, 0.1) is 5.25 Å². The lowest BCUT2D eigenvalue weighted by Crippen LogP contribution is -2.25. The predicted octanol–water partition coefficient (Wildman–Crippen LogP) is 4.58. The molecule has 0 aliphatic carbocycles. The molecular formula is C23H20N2O3S2. The minimum atomic E-state index is -0.352. The Labute approximate surface area is 183 Å². The van der Waals surface area contributed by atoms with Crippen LogP contribution in [0.4, 0.5) is 4.79 Å². The standard InChI is InChI=1S/C23H20N2O3S2/c1-25(22(27)18-5-3-2-4-6-18)13-16-12-19(29-14-16)17-9-7-15(8-10-17)11-20-21(26)24-23(28)30-20/h2-10,12,14,20H,11,13H2,1H3,(H,24,26,28). The Morgan fingerprint density at radius 3 is 2.43 bits per heavy atom. The molecule has 3 aromatic rings. The Balaban J connectivity index is 1.39. The number of carbonyl (C=O) groups excluding carboxylic acids is 3. The van der Waals surface area contributed by atoms with Crippen molar-refractivity contribution in [2.45, 2.75) is 18.2 Å². The summed E-state index contributed by atoms with van der Waals surface area (Å²) in [6, 6.07) is 19.4. The van der Waals surface area contributed by atoms with Gasteiger partial charge in [0.1, 0.15) is 0 Å². The normalized spacial score (nSPS) is 15.8. The summed E-state index contributed by atoms with van der Waals surface area (Å²) in [4.78, 5) is 38.4. The number of thiophene rings is 1. The van der Waals surface area contributed by atoms with Gasteiger partial charge < -0.3 is 4.90 Å². The fourth-order valence-electron chi connectivity index (χ4n) is 3.30. The Morgan fingerprint density at radius 1 is 1.03 bits per heavy atom. The third kappa shape index (κ3) is 4.63. The average molecular weight is 437 g/mol. The van der Waals surface area contributed by atoms with Crippen molar-refractivity contribution in [3.63, 3.8) is 0 Å². The molecule has 1 fully saturated rings. The summed E-state index contributed by atoms with van der Waals surface area (Å²) in [5, 5.41) is 3.77. The number of carbonyl (C=O) groups is 3. The van der Waals surface area contributed by atoms with E-state index in [4.69, 9.17) is 0 Å². The lowest BCUT2D eigenvalue weighted by molar-refractivity contribution is -0.118. The first-order chi connectivity index (χ1) is 14.5. The van der Waals surface area contributed by atoms with Crippen LogP contribution < -0.4 is 5.32 Å². The van der Waals surface area contributed by atoms with Crippen molar-refractivity contribution in [2.24, 2.45) is 0 Å². The molecule has 1 atom stereocenters. The highest BCUT2D eigenvalue weighted by Crippen LogP contribution is 2.29. The molecular weight excluding hydrogens is 416 g/mol. The summed E-state index contributed by atoms with van der Waals surface area (Å²) in [5.41, 5.74) is 3.88. The number of rotatable bonds is 6. The summed E-state index contributed by atoms with van der Waals surface area (Å²) in [6.45, 7) is 0.546. The molecule has 4 rings (SSSR count). The number of nitrogens with zero attached hydrogens (tertiary/aromatic N) is 1. The van der Waals surface area contributed by atoms with Gasteiger partial charge in [-0.3, -0.25) is 19.7 Å². The fourth-order valence-corrected chi connectivity index (χ4v) is 5.08. The lowest BCUT2D eigenvalue weighted by atomic mass is 10.1. The minimum absolute atomic E-state index is 0.00000374. The van der Waals surface area contributed by atoms with Crippen molar-refractivity contribution < 1.29 is 14.4 Å². The number of thioether (sulfide) groups is 1. The molecule has 1 aliphatic rings. The molecule has 0 saturated carbocycles. The van der Waals surface area contributed by atoms with E-state index in [-0.39, 0.29) is 22.3 Å². The van der Waals surface area contributed by atoms with Crippen molar-refractivity contribution in [3.8, 4) is 10.4 Å². The van der Waals surface area contributed by atoms with E-state index in [1.807, 2.05) is 61.6 Å². The zero-order valence-corrected chi connectivity index (χ0v) is 18.0. The molecule has 1 aliphatic heterocycles. The van der Waals surface area contributed by atoms with E-state index in [0.29, 0.717) is 18.5 Å². The van der Waals surface area contributed by atoms with Crippen LogP contribution in [0.25, 0.3) is 10.4 Å². The van der Waals surface area contributed by atoms with Crippen LogP contribution in [0.1, 0.15) is 21.5 Å². The number of hydrogen-bond donors (Lipinski definition) is 1. The largest absolute Gasteiger partial charge is 0.337 e. The quantitative estimate of drug-likeness (QED) is 0.614. The molecule has 30 heavy (non-hydrogen) atoms. The molecule has 152 valence electrons. The van der Waals surface area contributed by atoms with Gasteiger partial charge in [-0.1, -0.05) is 54.2 Å². The topological polar surface area (TPSA) is 66.5 Å². The van der Waals surface area contributed by atoms with Crippen LogP contribution >= 0.6 is 23.1 Å². The van der Waals surface area contributed by atoms with Crippen LogP contribution in [-0.4, -0.2) is 34.3 Å². The highest BCUT2D eigenvalue weighted by molar-refractivity contribution is 8.15. The average Bonchev–Trinajstić information content (AvgIpc) is 3.34. The van der Waals surface area contributed by atoms with Gasteiger partial charge in [0.25, 0.3) is 11.1 Å². The molecule has 1 aromatic heterocycles. The Kier molecular flexibility index (Phi) is 6.01. The molecule has 3 amide bonds. The Bertz CT molecular complexity index is 1080. The van der Waals surface area contributed by atoms with Crippen LogP contribution in [0, 0.1) is 0 Å². The molecule has 5 nitrogen and oxygen atoms in total. The zero-order valence-electron chi connectivity index (χ0n) is 16.3. The molecule has 2 heterocycles. The van der Waals surface area contributed by atoms with E-state index in [0.717, 1.165) is 33.3 Å². The Morgan fingerprint density at radius 2 is 1.77 bits per heavy atom. The van der Waals surface area contributed by atoms with Crippen molar-refractivity contribution in [2.75, 3.05) is 7.05 Å². The molecule has 1 saturated heterocycles. The van der Waals surface area contributed by atoms with Crippen LogP contribution in [0.3, 0.4) is 0 Å². The maximum absolute atomic E-state index is 12.5. The fraction of sp³-hybridized carbons (Fsp3) is 0.174. The van der Waals surface area contributed by atoms with Gasteiger partial charge in [0, 0.05) is 24.0 Å². The highest BCUT2D eigenvalue weighted by Gasteiger charge is 2.31. The highest BCUT2D eigenvalue weighted by atomic mass is 32.2. The summed E-state index contributed by atoms with van der Waals surface area (Å²) >= 11 is 2.69. The van der Waals surface area contributed by atoms with Gasteiger partial charge in [-0.05, 0) is 46.7 Å². The third-order valence-electron chi connectivity index (χ3n) is 4.87. The van der Waals surface area contributed by atoms with Gasteiger partial charge >= 0.3 is 0 Å². The SMILES string of the molecule is CN(Cc1csc(-c2ccc(CC3SC(=O)NC3=O)cc2)c1)C(=O)c1ccccc1. The summed E-state index contributed by atoms with van der Waals surface area (Å²) in [5.74, 6) is -0.217. The number of hydrogen-bond acceptors (Lipinski definition) is 5. The van der Waals surface area contributed by atoms with Crippen LogP contribution in [0.5, 0.6) is 0 Å². The second-order valence-electron chi connectivity index (χ2n) is 7.13. The van der Waals surface area contributed by atoms with E-state index in [1.165, 1.54) is 0 Å². The first-order valence-electron chi connectivity index (χ1n) is 9.48. The van der Waals surface area contributed by atoms with Gasteiger partial charge in [-0.15, -0.1) is 11.3 Å². The van der Waals surface area contributed by atoms with Crippen LogP contribution in [0.2, 0.25) is 0 Å². The number of benzene rings is 2. The smallest absolute Gasteiger partial charge is 0.286 e. The van der Waals surface area contributed by atoms with Crippen molar-refractivity contribution in [1.82, 2.24) is 10.2 Å². The van der Waals surface area contributed by atoms with Gasteiger partial charge in [0.2, 0.25) is 5.91 Å². The number of amides is 3. The second-order valence-corrected chi connectivity index (χ2v) is 9.22. The first kappa shape index (κ1) is 20.4. The molecule has 0 spiro atoms. The van der Waals surface area contributed by atoms with Crippen molar-refractivity contribution >= 4 is 40.2 Å². The lowest BCUT2D eigenvalue weighted by Gasteiger charge is -2.16. The number of imide groups is 1. The van der Waals surface area contributed by atoms with Crippen LogP contribution in [0.15, 0.2) is 66.0 Å². The monoisotopic (exact) mass is 436 g/mol. The Hall–Kier alpha value is -2.90. The molecule has 2 aromatic carbocycles. The minimum Gasteiger partial charge on any atom is -0.337 e. The molecule has 7 heteroatoms. The first-order valence-corrected chi connectivity index (χ1v) is 11.2. The summed E-state index contributed by atoms with van der Waals surface area (Å²) in [6.07, 6.45) is 0.532. The molecule has 0 radical (unpaired) electrons. The molecule has 0 bridgehead atoms. The van der Waals surface area contributed by atoms with E-state index < -0.39 is 0 Å². The van der Waals surface area contributed by atoms with E-state index in [9.17, 15) is 14.4 Å². The van der Waals surface area contributed by atoms with Crippen molar-refractivity contribution in [1.29, 1.82) is 0 Å². The summed E-state index contributed by atoms with van der Waals surface area (Å²) < 4.78 is 0. The van der Waals surface area contributed by atoms with Crippen LogP contribution in [-0.2, 0) is 17.8 Å². The summed E-state index contributed by atoms with van der Waals surface area (Å²) in [7, 11) is 1.81. The second kappa shape index (κ2) is 8.85.